The predicted octanol–water partition coefficient (Wildman–Crippen LogP) is -3.92. The molecule has 4 aromatic rings. The van der Waals surface area contributed by atoms with E-state index in [1.807, 2.05) is 6.26 Å². The highest BCUT2D eigenvalue weighted by Gasteiger charge is 2.34. The number of carboxylic acids is 3. The fourth-order valence-electron chi connectivity index (χ4n) is 10.5. The second-order valence-electron chi connectivity index (χ2n) is 23.6. The summed E-state index contributed by atoms with van der Waals surface area (Å²) in [4.78, 5) is 189. The molecule has 34 heteroatoms. The Bertz CT molecular complexity index is 3270. The summed E-state index contributed by atoms with van der Waals surface area (Å²) < 4.78 is 0. The number of nitrogens with zero attached hydrogens (tertiary/aromatic N) is 5. The third-order valence-electron chi connectivity index (χ3n) is 15.7. The van der Waals surface area contributed by atoms with Gasteiger partial charge in [-0.05, 0) is 54.9 Å². The molecular weight excluding hydrogens is 1270 g/mol. The number of benzene rings is 2. The van der Waals surface area contributed by atoms with Gasteiger partial charge in [0, 0.05) is 107 Å². The van der Waals surface area contributed by atoms with Crippen molar-refractivity contribution in [2.24, 2.45) is 17.4 Å². The average Bonchev–Trinajstić information content (AvgIpc) is 1.66. The summed E-state index contributed by atoms with van der Waals surface area (Å²) in [7, 11) is 0. The van der Waals surface area contributed by atoms with Crippen LogP contribution in [0, 0.1) is 5.92 Å². The van der Waals surface area contributed by atoms with Gasteiger partial charge >= 0.3 is 17.9 Å². The normalized spacial score (nSPS) is 15.9. The molecule has 1 fully saturated rings. The zero-order valence-corrected chi connectivity index (χ0v) is 55.0. The Balaban J connectivity index is 1.29. The van der Waals surface area contributed by atoms with E-state index in [4.69, 9.17) is 11.5 Å². The summed E-state index contributed by atoms with van der Waals surface area (Å²) in [6.07, 6.45) is 5.40. The first-order valence-electron chi connectivity index (χ1n) is 31.2. The summed E-state index contributed by atoms with van der Waals surface area (Å²) in [5, 5.41) is 50.5. The minimum Gasteiger partial charge on any atom is -0.480 e. The molecule has 5 rings (SSSR count). The Morgan fingerprint density at radius 1 is 0.542 bits per heavy atom. The first kappa shape index (κ1) is 77.2. The number of carboxylic acid groups (broad SMARTS) is 3. The molecule has 33 nitrogen and oxygen atoms in total. The number of aliphatic carboxylic acids is 3. The monoisotopic (exact) mass is 1360 g/mol. The highest BCUT2D eigenvalue weighted by Crippen LogP contribution is 2.20. The van der Waals surface area contributed by atoms with Crippen molar-refractivity contribution in [2.45, 2.75) is 102 Å². The van der Waals surface area contributed by atoms with Crippen LogP contribution in [0.15, 0.2) is 73.3 Å². The lowest BCUT2D eigenvalue weighted by molar-refractivity contribution is -0.140. The lowest BCUT2D eigenvalue weighted by atomic mass is 10.0. The lowest BCUT2D eigenvalue weighted by Gasteiger charge is -2.33. The predicted molar refractivity (Wildman–Crippen MR) is 351 cm³/mol. The molecule has 0 spiro atoms. The van der Waals surface area contributed by atoms with Crippen molar-refractivity contribution in [3.8, 4) is 0 Å². The van der Waals surface area contributed by atoms with Gasteiger partial charge in [-0.15, -0.1) is 0 Å². The van der Waals surface area contributed by atoms with Gasteiger partial charge in [0.2, 0.25) is 59.1 Å². The number of hydrogen-bond acceptors (Lipinski definition) is 19. The summed E-state index contributed by atoms with van der Waals surface area (Å²) in [6, 6.07) is 6.55. The topological polar surface area (TPSA) is 488 Å². The number of hydrogen-bond donors (Lipinski definition) is 15. The van der Waals surface area contributed by atoms with E-state index in [9.17, 15) is 77.6 Å². The maximum Gasteiger partial charge on any atom is 0.317 e. The highest BCUT2D eigenvalue weighted by atomic mass is 32.2. The fraction of sp³-hybridized carbons (Fsp3) is 0.516. The largest absolute Gasteiger partial charge is 0.480 e. The van der Waals surface area contributed by atoms with Crippen molar-refractivity contribution < 1.29 is 77.6 Å². The summed E-state index contributed by atoms with van der Waals surface area (Å²) in [5.41, 5.74) is 13.5. The van der Waals surface area contributed by atoms with Crippen molar-refractivity contribution in [1.29, 1.82) is 0 Å². The number of aromatic nitrogens is 3. The third kappa shape index (κ3) is 27.1. The van der Waals surface area contributed by atoms with Crippen molar-refractivity contribution in [2.75, 3.05) is 97.1 Å². The summed E-state index contributed by atoms with van der Waals surface area (Å²) in [5.74, 6) is -11.7. The molecule has 96 heavy (non-hydrogen) atoms. The second kappa shape index (κ2) is 39.4. The van der Waals surface area contributed by atoms with Crippen LogP contribution in [-0.4, -0.2) is 266 Å². The molecule has 17 N–H and O–H groups in total. The maximum atomic E-state index is 14.5. The molecule has 1 aliphatic heterocycles. The molecule has 2 aromatic heterocycles. The van der Waals surface area contributed by atoms with Crippen LogP contribution in [0.2, 0.25) is 0 Å². The number of H-pyrrole nitrogens is 2. The maximum absolute atomic E-state index is 14.5. The van der Waals surface area contributed by atoms with Crippen LogP contribution in [-0.2, 0) is 81.6 Å². The molecule has 10 amide bonds. The molecule has 0 unspecified atom stereocenters. The zero-order chi connectivity index (χ0) is 70.4. The number of amides is 10. The van der Waals surface area contributed by atoms with Crippen LogP contribution in [0.1, 0.15) is 56.9 Å². The Labute approximate surface area is 558 Å². The number of nitrogens with two attached hydrogens (primary N) is 2. The number of carbonyl (C=O) groups excluding carboxylic acids is 10. The first-order chi connectivity index (χ1) is 45.7. The standard InChI is InChI=1S/C62H89N17O16S/c1-37(2)55(62(95)67-31-50(81)71-48(28-41-30-65-36-68-41)61(94)73-46(26-39-10-6-5-7-11-39)60(93)72-44(56(64)89)16-25-96-4)75-57(90)38(3)69-59(92)47(27-40-29-66-43-13-9-8-12-42(40)43)74-58(91)45(14-15-49(63)80)70-51(82)32-76-17-19-77(33-52(83)84)21-23-79(35-54(87)88)24-22-78(20-18-76)34-53(85)86/h5-13,29-30,36-38,44-48,55,66H,14-28,31-35H2,1-4H3,(H2,63,80)(H2,64,89)(H,65,68)(H,67,95)(H,69,92)(H,70,82)(H,71,81)(H,72,93)(H,73,94)(H,74,91)(H,75,90)(H,83,84)(H,85,86)(H,87,88)/t38-,44-,45-,46-,47-,48-,55-/m0/s1. The lowest BCUT2D eigenvalue weighted by Crippen LogP contribution is -2.59. The van der Waals surface area contributed by atoms with Crippen molar-refractivity contribution in [1.82, 2.24) is 77.1 Å². The molecule has 0 radical (unpaired) electrons. The van der Waals surface area contributed by atoms with E-state index in [0.717, 1.165) is 0 Å². The minimum atomic E-state index is -1.50. The number of thioether (sulfide) groups is 1. The van der Waals surface area contributed by atoms with E-state index in [-0.39, 0.29) is 91.0 Å². The van der Waals surface area contributed by atoms with E-state index in [0.29, 0.717) is 33.5 Å². The average molecular weight is 1360 g/mol. The van der Waals surface area contributed by atoms with E-state index in [1.54, 1.807) is 94.2 Å². The number of para-hydroxylation sites is 1. The number of nitrogens with one attached hydrogen (secondary N) is 10. The number of aromatic amines is 2. The third-order valence-corrected chi connectivity index (χ3v) is 16.3. The Kier molecular flexibility index (Phi) is 31.7. The number of fused-ring (bicyclic) bond motifs is 1. The van der Waals surface area contributed by atoms with Gasteiger partial charge < -0.3 is 79.3 Å². The molecule has 2 aromatic carbocycles. The smallest absolute Gasteiger partial charge is 0.317 e. The molecule has 3 heterocycles. The van der Waals surface area contributed by atoms with Gasteiger partial charge in [0.05, 0.1) is 39.1 Å². The van der Waals surface area contributed by atoms with Crippen molar-refractivity contribution in [3.63, 3.8) is 0 Å². The number of carbonyl (C=O) groups is 13. The quantitative estimate of drug-likeness (QED) is 0.0205. The van der Waals surface area contributed by atoms with Crippen molar-refractivity contribution in [3.05, 3.63) is 90.1 Å². The van der Waals surface area contributed by atoms with E-state index in [2.05, 4.69) is 57.5 Å². The number of primary amides is 2. The van der Waals surface area contributed by atoms with Crippen LogP contribution in [0.5, 0.6) is 0 Å². The molecule has 0 saturated carbocycles. The van der Waals surface area contributed by atoms with Gasteiger partial charge in [-0.1, -0.05) is 62.4 Å². The molecule has 1 saturated heterocycles. The van der Waals surface area contributed by atoms with Gasteiger partial charge in [-0.25, -0.2) is 4.98 Å². The number of rotatable bonds is 37. The van der Waals surface area contributed by atoms with Gasteiger partial charge in [-0.3, -0.25) is 81.9 Å². The summed E-state index contributed by atoms with van der Waals surface area (Å²) >= 11 is 1.44. The van der Waals surface area contributed by atoms with E-state index in [1.165, 1.54) is 31.2 Å². The fourth-order valence-corrected chi connectivity index (χ4v) is 10.9. The molecule has 0 aliphatic carbocycles. The molecule has 7 atom stereocenters. The van der Waals surface area contributed by atoms with Crippen LogP contribution in [0.4, 0.5) is 0 Å². The van der Waals surface area contributed by atoms with Crippen LogP contribution >= 0.6 is 11.8 Å². The molecule has 1 aliphatic rings. The Morgan fingerprint density at radius 3 is 1.56 bits per heavy atom. The molecule has 0 bridgehead atoms. The number of imidazole rings is 1. The Hall–Kier alpha value is -9.51. The van der Waals surface area contributed by atoms with Crippen LogP contribution < -0.4 is 54.0 Å². The zero-order valence-electron chi connectivity index (χ0n) is 54.1. The first-order valence-corrected chi connectivity index (χ1v) is 32.6. The Morgan fingerprint density at radius 2 is 1.04 bits per heavy atom. The van der Waals surface area contributed by atoms with Gasteiger partial charge in [0.1, 0.15) is 42.3 Å². The highest BCUT2D eigenvalue weighted by molar-refractivity contribution is 7.98. The van der Waals surface area contributed by atoms with Gasteiger partial charge in [0.15, 0.2) is 0 Å². The van der Waals surface area contributed by atoms with Crippen LogP contribution in [0.3, 0.4) is 0 Å². The van der Waals surface area contributed by atoms with Crippen LogP contribution in [0.25, 0.3) is 10.9 Å². The van der Waals surface area contributed by atoms with Crippen molar-refractivity contribution >= 4 is 99.6 Å². The molecular formula is C62H89N17O16S. The van der Waals surface area contributed by atoms with Gasteiger partial charge in [0.25, 0.3) is 0 Å². The second-order valence-corrected chi connectivity index (χ2v) is 24.6. The minimum absolute atomic E-state index is 0.00603. The SMILES string of the molecule is CSCC[C@H](NC(=O)[C@H](Cc1ccccc1)NC(=O)[C@H](Cc1cnc[nH]1)NC(=O)CNC(=O)[C@@H](NC(=O)[C@H](C)NC(=O)[C@H](Cc1c[nH]c2ccccc12)NC(=O)[C@H](CCC(N)=O)NC(=O)CN1CCN(CC(=O)O)CCN(CC(=O)O)CCN(CC(=O)O)CC1)C(C)C)C(N)=O. The summed E-state index contributed by atoms with van der Waals surface area (Å²) in [6.45, 7) is 3.06. The molecule has 524 valence electrons. The van der Waals surface area contributed by atoms with E-state index < -0.39 is 158 Å². The van der Waals surface area contributed by atoms with Gasteiger partial charge in [-0.2, -0.15) is 11.8 Å². The van der Waals surface area contributed by atoms with E-state index >= 15 is 0 Å².